The number of amidine groups is 1. The Kier molecular flexibility index (Phi) is 8.78. The Labute approximate surface area is 124 Å². The van der Waals surface area contributed by atoms with Gasteiger partial charge in [0.25, 0.3) is 0 Å². The van der Waals surface area contributed by atoms with E-state index in [1.165, 1.54) is 30.9 Å². The van der Waals surface area contributed by atoms with E-state index in [1.807, 2.05) is 0 Å². The third-order valence-electron chi connectivity index (χ3n) is 2.09. The SMILES string of the molecule is CCCCSNC(=O)N(C(=N)OC(C)C)C(=O)N(C)C. The minimum atomic E-state index is -0.671. The molecule has 116 valence electrons. The number of unbranched alkanes of at least 4 members (excludes halogenated alkanes) is 1. The number of amides is 4. The van der Waals surface area contributed by atoms with Crippen LogP contribution in [0.1, 0.15) is 33.6 Å². The summed E-state index contributed by atoms with van der Waals surface area (Å²) in [5, 5.41) is 7.73. The molecule has 2 N–H and O–H groups in total. The summed E-state index contributed by atoms with van der Waals surface area (Å²) >= 11 is 1.22. The number of hydrogen-bond acceptors (Lipinski definition) is 5. The number of nitrogens with zero attached hydrogens (tertiary/aromatic N) is 2. The van der Waals surface area contributed by atoms with Crippen molar-refractivity contribution in [2.75, 3.05) is 19.8 Å². The molecular weight excluding hydrogens is 280 g/mol. The zero-order chi connectivity index (χ0) is 15.7. The summed E-state index contributed by atoms with van der Waals surface area (Å²) in [6.45, 7) is 5.50. The predicted octanol–water partition coefficient (Wildman–Crippen LogP) is 2.49. The van der Waals surface area contributed by atoms with E-state index in [0.717, 1.165) is 18.6 Å². The van der Waals surface area contributed by atoms with Crippen molar-refractivity contribution in [2.45, 2.75) is 39.7 Å². The highest BCUT2D eigenvalue weighted by molar-refractivity contribution is 7.97. The van der Waals surface area contributed by atoms with Crippen LogP contribution < -0.4 is 4.72 Å². The Hall–Kier alpha value is -1.44. The Morgan fingerprint density at radius 1 is 1.35 bits per heavy atom. The lowest BCUT2D eigenvalue weighted by molar-refractivity contribution is 0.158. The first-order valence-electron chi connectivity index (χ1n) is 6.49. The summed E-state index contributed by atoms with van der Waals surface area (Å²) in [6, 6.07) is -1.77. The van der Waals surface area contributed by atoms with Gasteiger partial charge in [0.15, 0.2) is 0 Å². The van der Waals surface area contributed by atoms with E-state index in [9.17, 15) is 9.59 Å². The van der Waals surface area contributed by atoms with E-state index in [0.29, 0.717) is 4.90 Å². The molecule has 0 aromatic heterocycles. The van der Waals surface area contributed by atoms with Crippen molar-refractivity contribution >= 4 is 30.0 Å². The average molecular weight is 304 g/mol. The van der Waals surface area contributed by atoms with E-state index < -0.39 is 18.1 Å². The zero-order valence-corrected chi connectivity index (χ0v) is 13.5. The van der Waals surface area contributed by atoms with Gasteiger partial charge in [-0.05, 0) is 32.2 Å². The molecule has 0 spiro atoms. The molecule has 4 amide bonds. The molecule has 0 bridgehead atoms. The number of ether oxygens (including phenoxy) is 1. The fourth-order valence-corrected chi connectivity index (χ4v) is 1.87. The molecule has 0 aromatic rings. The molecular formula is C12H24N4O3S. The molecule has 8 heteroatoms. The Bertz CT molecular complexity index is 348. The van der Waals surface area contributed by atoms with Gasteiger partial charge < -0.3 is 9.64 Å². The maximum Gasteiger partial charge on any atom is 0.343 e. The Balaban J connectivity index is 4.71. The summed E-state index contributed by atoms with van der Waals surface area (Å²) in [4.78, 5) is 25.9. The van der Waals surface area contributed by atoms with Gasteiger partial charge in [-0.3, -0.25) is 10.1 Å². The van der Waals surface area contributed by atoms with E-state index in [-0.39, 0.29) is 6.10 Å². The van der Waals surface area contributed by atoms with Gasteiger partial charge in [-0.15, -0.1) is 0 Å². The van der Waals surface area contributed by atoms with Crippen LogP contribution in [-0.2, 0) is 4.74 Å². The fourth-order valence-electron chi connectivity index (χ4n) is 1.12. The first-order chi connectivity index (χ1) is 9.31. The Morgan fingerprint density at radius 2 is 1.95 bits per heavy atom. The second-order valence-corrected chi connectivity index (χ2v) is 5.49. The smallest absolute Gasteiger partial charge is 0.343 e. The Morgan fingerprint density at radius 3 is 2.40 bits per heavy atom. The highest BCUT2D eigenvalue weighted by Gasteiger charge is 2.29. The van der Waals surface area contributed by atoms with Crippen LogP contribution in [0.3, 0.4) is 0 Å². The van der Waals surface area contributed by atoms with Crippen molar-refractivity contribution < 1.29 is 14.3 Å². The standard InChI is InChI=1S/C12H24N4O3S/c1-6-7-8-20-14-11(17)16(12(18)15(4)5)10(13)19-9(2)3/h9,13H,6-8H2,1-5H3,(H,14,17). The second kappa shape index (κ2) is 9.46. The third-order valence-corrected chi connectivity index (χ3v) is 2.90. The number of rotatable bonds is 5. The molecule has 0 aromatic carbocycles. The van der Waals surface area contributed by atoms with Gasteiger partial charge in [-0.1, -0.05) is 13.3 Å². The van der Waals surface area contributed by atoms with E-state index in [1.54, 1.807) is 13.8 Å². The summed E-state index contributed by atoms with van der Waals surface area (Å²) < 4.78 is 7.67. The molecule has 0 saturated heterocycles. The van der Waals surface area contributed by atoms with Crippen LogP contribution in [0.2, 0.25) is 0 Å². The van der Waals surface area contributed by atoms with Gasteiger partial charge >= 0.3 is 18.1 Å². The lowest BCUT2D eigenvalue weighted by Gasteiger charge is -2.25. The molecule has 20 heavy (non-hydrogen) atoms. The van der Waals surface area contributed by atoms with Gasteiger partial charge in [-0.2, -0.15) is 4.90 Å². The monoisotopic (exact) mass is 304 g/mol. The minimum Gasteiger partial charge on any atom is -0.462 e. The summed E-state index contributed by atoms with van der Waals surface area (Å²) in [6.07, 6.45) is 1.70. The number of imide groups is 1. The van der Waals surface area contributed by atoms with Gasteiger partial charge in [-0.25, -0.2) is 9.59 Å². The number of urea groups is 2. The average Bonchev–Trinajstić information content (AvgIpc) is 2.33. The zero-order valence-electron chi connectivity index (χ0n) is 12.7. The molecule has 0 heterocycles. The summed E-state index contributed by atoms with van der Waals surface area (Å²) in [5.41, 5.74) is 0. The fraction of sp³-hybridized carbons (Fsp3) is 0.750. The van der Waals surface area contributed by atoms with Crippen molar-refractivity contribution in [2.24, 2.45) is 0 Å². The molecule has 0 atom stereocenters. The largest absolute Gasteiger partial charge is 0.462 e. The van der Waals surface area contributed by atoms with Crippen molar-refractivity contribution in [1.82, 2.24) is 14.5 Å². The topological polar surface area (TPSA) is 85.7 Å². The van der Waals surface area contributed by atoms with E-state index in [4.69, 9.17) is 10.1 Å². The van der Waals surface area contributed by atoms with Crippen molar-refractivity contribution in [3.63, 3.8) is 0 Å². The van der Waals surface area contributed by atoms with Crippen molar-refractivity contribution in [3.8, 4) is 0 Å². The molecule has 0 aliphatic rings. The number of carbonyl (C=O) groups is 2. The van der Waals surface area contributed by atoms with E-state index in [2.05, 4.69) is 11.6 Å². The minimum absolute atomic E-state index is 0.291. The van der Waals surface area contributed by atoms with Crippen molar-refractivity contribution in [1.29, 1.82) is 5.41 Å². The third kappa shape index (κ3) is 6.65. The van der Waals surface area contributed by atoms with Gasteiger partial charge in [0.05, 0.1) is 6.10 Å². The van der Waals surface area contributed by atoms with Gasteiger partial charge in [0, 0.05) is 19.8 Å². The molecule has 0 rings (SSSR count). The van der Waals surface area contributed by atoms with Crippen LogP contribution >= 0.6 is 11.9 Å². The summed E-state index contributed by atoms with van der Waals surface area (Å²) in [5.74, 6) is 0.755. The quantitative estimate of drug-likeness (QED) is 0.353. The number of nitrogens with one attached hydrogen (secondary N) is 2. The van der Waals surface area contributed by atoms with Crippen LogP contribution in [0, 0.1) is 5.41 Å². The van der Waals surface area contributed by atoms with Crippen LogP contribution in [0.25, 0.3) is 0 Å². The maximum absolute atomic E-state index is 12.0. The summed E-state index contributed by atoms with van der Waals surface area (Å²) in [7, 11) is 3.02. The molecule has 0 saturated carbocycles. The molecule has 7 nitrogen and oxygen atoms in total. The van der Waals surface area contributed by atoms with Crippen molar-refractivity contribution in [3.05, 3.63) is 0 Å². The van der Waals surface area contributed by atoms with Gasteiger partial charge in [0.2, 0.25) is 0 Å². The molecule has 0 aliphatic carbocycles. The highest BCUT2D eigenvalue weighted by atomic mass is 32.2. The van der Waals surface area contributed by atoms with E-state index >= 15 is 0 Å². The normalized spacial score (nSPS) is 10.1. The molecule has 0 aliphatic heterocycles. The van der Waals surface area contributed by atoms with Crippen LogP contribution in [0.15, 0.2) is 0 Å². The molecule has 0 fully saturated rings. The molecule has 0 unspecified atom stereocenters. The predicted molar refractivity (Wildman–Crippen MR) is 80.8 cm³/mol. The highest BCUT2D eigenvalue weighted by Crippen LogP contribution is 2.06. The first-order valence-corrected chi connectivity index (χ1v) is 7.48. The second-order valence-electron chi connectivity index (χ2n) is 4.59. The number of carbonyl (C=O) groups excluding carboxylic acids is 2. The van der Waals surface area contributed by atoms with Crippen LogP contribution in [0.5, 0.6) is 0 Å². The van der Waals surface area contributed by atoms with Crippen LogP contribution in [-0.4, -0.2) is 53.8 Å². The number of hydrogen-bond donors (Lipinski definition) is 2. The van der Waals surface area contributed by atoms with Crippen LogP contribution in [0.4, 0.5) is 9.59 Å². The lowest BCUT2D eigenvalue weighted by Crippen LogP contribution is -2.50. The maximum atomic E-state index is 12.0. The molecule has 0 radical (unpaired) electrons. The lowest BCUT2D eigenvalue weighted by atomic mass is 10.4. The first kappa shape index (κ1) is 18.6. The van der Waals surface area contributed by atoms with Gasteiger partial charge in [0.1, 0.15) is 0 Å².